The van der Waals surface area contributed by atoms with Crippen molar-refractivity contribution < 1.29 is 18.8 Å². The van der Waals surface area contributed by atoms with Crippen molar-refractivity contribution in [2.45, 2.75) is 17.5 Å². The smallest absolute Gasteiger partial charge is 0.238 e. The molecule has 4 aromatic carbocycles. The normalized spacial score (nSPS) is 23.9. The number of fused-ring (bicyclic) bond motifs is 6. The second-order valence-corrected chi connectivity index (χ2v) is 10.7. The first-order valence-corrected chi connectivity index (χ1v) is 13.4. The molecule has 0 saturated carbocycles. The lowest BCUT2D eigenvalue weighted by atomic mass is 9.64. The Balaban J connectivity index is 1.55. The maximum absolute atomic E-state index is 14.6. The zero-order valence-electron chi connectivity index (χ0n) is 21.1. The third-order valence-corrected chi connectivity index (χ3v) is 8.69. The molecule has 40 heavy (non-hydrogen) atoms. The summed E-state index contributed by atoms with van der Waals surface area (Å²) in [6, 6.07) is 25.1. The van der Waals surface area contributed by atoms with Gasteiger partial charge in [0, 0.05) is 22.5 Å². The highest BCUT2D eigenvalue weighted by atomic mass is 35.5. The van der Waals surface area contributed by atoms with Gasteiger partial charge in [-0.25, -0.2) is 4.39 Å². The number of carbonyl (C=O) groups excluding carboxylic acids is 3. The number of hydrogen-bond acceptors (Lipinski definition) is 4. The second kappa shape index (κ2) is 9.00. The van der Waals surface area contributed by atoms with Gasteiger partial charge in [0.25, 0.3) is 0 Å². The molecule has 3 heterocycles. The average molecular weight is 549 g/mol. The number of carbonyl (C=O) groups is 3. The molecule has 0 aliphatic carbocycles. The van der Waals surface area contributed by atoms with E-state index in [1.54, 1.807) is 30.3 Å². The third kappa shape index (κ3) is 3.29. The van der Waals surface area contributed by atoms with Crippen molar-refractivity contribution in [3.8, 4) is 0 Å². The predicted octanol–water partition coefficient (Wildman–Crippen LogP) is 6.34. The van der Waals surface area contributed by atoms with E-state index in [9.17, 15) is 18.8 Å². The maximum atomic E-state index is 14.6. The van der Waals surface area contributed by atoms with Gasteiger partial charge < -0.3 is 10.2 Å². The Morgan fingerprint density at radius 2 is 1.55 bits per heavy atom. The van der Waals surface area contributed by atoms with Gasteiger partial charge in [-0.15, -0.1) is 0 Å². The minimum absolute atomic E-state index is 0.219. The van der Waals surface area contributed by atoms with Gasteiger partial charge in [0.15, 0.2) is 11.6 Å². The van der Waals surface area contributed by atoms with Crippen molar-refractivity contribution >= 4 is 46.5 Å². The van der Waals surface area contributed by atoms with E-state index in [0.29, 0.717) is 11.3 Å². The fraction of sp³-hybridized carbons (Fsp3) is 0.121. The Morgan fingerprint density at radius 1 is 0.850 bits per heavy atom. The Labute approximate surface area is 234 Å². The van der Waals surface area contributed by atoms with Gasteiger partial charge in [-0.05, 0) is 59.7 Å². The number of nitrogens with zero attached hydrogens (tertiary/aromatic N) is 1. The first kappa shape index (κ1) is 24.5. The van der Waals surface area contributed by atoms with Crippen LogP contribution in [0.25, 0.3) is 6.08 Å². The van der Waals surface area contributed by atoms with Crippen molar-refractivity contribution in [2.75, 3.05) is 10.2 Å². The van der Waals surface area contributed by atoms with E-state index in [2.05, 4.69) is 5.32 Å². The third-order valence-electron chi connectivity index (χ3n) is 8.36. The van der Waals surface area contributed by atoms with E-state index in [-0.39, 0.29) is 27.8 Å². The number of anilines is 2. The zero-order chi connectivity index (χ0) is 27.6. The number of para-hydroxylation sites is 2. The number of hydrogen-bond donors (Lipinski definition) is 1. The number of rotatable bonds is 4. The Hall–Kier alpha value is -4.55. The van der Waals surface area contributed by atoms with E-state index in [1.807, 2.05) is 59.5 Å². The average Bonchev–Trinajstić information content (AvgIpc) is 3.45. The molecule has 1 amide bonds. The lowest BCUT2D eigenvalue weighted by molar-refractivity contribution is -0.121. The van der Waals surface area contributed by atoms with Crippen LogP contribution in [0.1, 0.15) is 31.8 Å². The van der Waals surface area contributed by atoms with Crippen LogP contribution in [-0.4, -0.2) is 29.6 Å². The number of halogens is 2. The van der Waals surface area contributed by atoms with Crippen LogP contribution in [0.5, 0.6) is 0 Å². The SMILES string of the molecule is O=C(c1ccccc1Cl)C1C(C(=O)c2ccc(F)cc2)C2(C(=O)Nc3ccccc32)C2C=Cc3ccccc3N12. The molecule has 4 atom stereocenters. The highest BCUT2D eigenvalue weighted by molar-refractivity contribution is 6.34. The monoisotopic (exact) mass is 548 g/mol. The molecule has 1 saturated heterocycles. The molecule has 3 aliphatic heterocycles. The van der Waals surface area contributed by atoms with Crippen molar-refractivity contribution in [2.24, 2.45) is 5.92 Å². The lowest BCUT2D eigenvalue weighted by Crippen LogP contribution is -2.51. The van der Waals surface area contributed by atoms with Crippen molar-refractivity contribution in [3.05, 3.63) is 136 Å². The van der Waals surface area contributed by atoms with Crippen LogP contribution < -0.4 is 10.2 Å². The number of benzene rings is 4. The summed E-state index contributed by atoms with van der Waals surface area (Å²) < 4.78 is 13.9. The number of amides is 1. The van der Waals surface area contributed by atoms with Crippen LogP contribution in [-0.2, 0) is 10.2 Å². The first-order valence-electron chi connectivity index (χ1n) is 13.0. The Bertz CT molecular complexity index is 1750. The molecule has 1 spiro atoms. The summed E-state index contributed by atoms with van der Waals surface area (Å²) in [6.07, 6.45) is 3.85. The Kier molecular flexibility index (Phi) is 5.51. The summed E-state index contributed by atoms with van der Waals surface area (Å²) >= 11 is 6.54. The highest BCUT2D eigenvalue weighted by Gasteiger charge is 2.70. The van der Waals surface area contributed by atoms with Gasteiger partial charge in [-0.3, -0.25) is 14.4 Å². The van der Waals surface area contributed by atoms with Gasteiger partial charge in [0.05, 0.1) is 17.0 Å². The van der Waals surface area contributed by atoms with Gasteiger partial charge in [-0.1, -0.05) is 72.3 Å². The fourth-order valence-corrected chi connectivity index (χ4v) is 6.96. The Morgan fingerprint density at radius 3 is 2.35 bits per heavy atom. The van der Waals surface area contributed by atoms with Crippen LogP contribution in [0.4, 0.5) is 15.8 Å². The minimum atomic E-state index is -1.44. The number of ketones is 2. The molecular weight excluding hydrogens is 527 g/mol. The predicted molar refractivity (Wildman–Crippen MR) is 152 cm³/mol. The van der Waals surface area contributed by atoms with Crippen molar-refractivity contribution in [3.63, 3.8) is 0 Å². The van der Waals surface area contributed by atoms with Crippen LogP contribution in [0, 0.1) is 11.7 Å². The maximum Gasteiger partial charge on any atom is 0.238 e. The summed E-state index contributed by atoms with van der Waals surface area (Å²) in [7, 11) is 0. The largest absolute Gasteiger partial charge is 0.352 e. The highest BCUT2D eigenvalue weighted by Crippen LogP contribution is 2.58. The lowest BCUT2D eigenvalue weighted by Gasteiger charge is -2.37. The van der Waals surface area contributed by atoms with Gasteiger partial charge >= 0.3 is 0 Å². The molecule has 1 N–H and O–H groups in total. The molecule has 4 unspecified atom stereocenters. The molecule has 196 valence electrons. The van der Waals surface area contributed by atoms with Crippen LogP contribution in [0.3, 0.4) is 0 Å². The van der Waals surface area contributed by atoms with Gasteiger partial charge in [0.1, 0.15) is 17.3 Å². The topological polar surface area (TPSA) is 66.5 Å². The van der Waals surface area contributed by atoms with E-state index in [4.69, 9.17) is 11.6 Å². The molecule has 1 fully saturated rings. The summed E-state index contributed by atoms with van der Waals surface area (Å²) in [5.74, 6) is -2.78. The summed E-state index contributed by atoms with van der Waals surface area (Å²) in [6.45, 7) is 0. The summed E-state index contributed by atoms with van der Waals surface area (Å²) in [4.78, 5) is 45.4. The number of nitrogens with one attached hydrogen (secondary N) is 1. The van der Waals surface area contributed by atoms with E-state index in [0.717, 1.165) is 11.3 Å². The van der Waals surface area contributed by atoms with E-state index in [1.165, 1.54) is 24.3 Å². The second-order valence-electron chi connectivity index (χ2n) is 10.3. The molecule has 5 nitrogen and oxygen atoms in total. The number of Topliss-reactive ketones (excluding diaryl/α,β-unsaturated/α-hetero) is 2. The summed E-state index contributed by atoms with van der Waals surface area (Å²) in [5, 5.41) is 3.25. The molecule has 3 aliphatic rings. The molecule has 7 rings (SSSR count). The molecule has 4 aromatic rings. The van der Waals surface area contributed by atoms with Gasteiger partial charge in [-0.2, -0.15) is 0 Å². The van der Waals surface area contributed by atoms with Crippen LogP contribution in [0.2, 0.25) is 5.02 Å². The minimum Gasteiger partial charge on any atom is -0.352 e. The standard InChI is InChI=1S/C33H22ClFN2O3/c34-24-10-4-2-8-22(24)31(39)29-28(30(38)20-13-16-21(35)17-14-20)33(23-9-3-5-11-25(23)36-32(33)40)27-18-15-19-7-1-6-12-26(19)37(27)29/h1-18,27-29H,(H,36,40). The molecule has 7 heteroatoms. The first-order chi connectivity index (χ1) is 19.4. The fourth-order valence-electron chi connectivity index (χ4n) is 6.73. The van der Waals surface area contributed by atoms with Crippen LogP contribution >= 0.6 is 11.6 Å². The van der Waals surface area contributed by atoms with Crippen molar-refractivity contribution in [1.82, 2.24) is 0 Å². The van der Waals surface area contributed by atoms with Crippen LogP contribution in [0.15, 0.2) is 103 Å². The van der Waals surface area contributed by atoms with Gasteiger partial charge in [0.2, 0.25) is 5.91 Å². The molecule has 0 aromatic heterocycles. The molecule has 0 bridgehead atoms. The molecular formula is C33H22ClFN2O3. The van der Waals surface area contributed by atoms with Crippen molar-refractivity contribution in [1.29, 1.82) is 0 Å². The summed E-state index contributed by atoms with van der Waals surface area (Å²) in [5.41, 5.74) is 1.90. The van der Waals surface area contributed by atoms with E-state index >= 15 is 0 Å². The quantitative estimate of drug-likeness (QED) is 0.302. The van der Waals surface area contributed by atoms with E-state index < -0.39 is 35.0 Å². The zero-order valence-corrected chi connectivity index (χ0v) is 21.8. The molecule has 0 radical (unpaired) electrons.